The van der Waals surface area contributed by atoms with Gasteiger partial charge in [-0.25, -0.2) is 4.79 Å². The number of carbonyl (C=O) groups excluding carboxylic acids is 2. The van der Waals surface area contributed by atoms with Crippen molar-refractivity contribution in [1.29, 1.82) is 0 Å². The zero-order valence-corrected chi connectivity index (χ0v) is 11.1. The first-order valence-corrected chi connectivity index (χ1v) is 5.69. The van der Waals surface area contributed by atoms with E-state index in [2.05, 4.69) is 10.1 Å². The normalized spacial score (nSPS) is 9.78. The Hall–Kier alpha value is -1.75. The summed E-state index contributed by atoms with van der Waals surface area (Å²) in [5.41, 5.74) is 0.574. The van der Waals surface area contributed by atoms with Crippen LogP contribution in [-0.4, -0.2) is 25.6 Å². The number of carbonyl (C=O) groups is 2. The molecule has 1 aromatic rings. The Bertz CT molecular complexity index is 473. The number of anilines is 1. The van der Waals surface area contributed by atoms with Gasteiger partial charge in [0.25, 0.3) is 0 Å². The smallest absolute Gasteiger partial charge is 0.338 e. The number of hydrogen-bond donors (Lipinski definition) is 1. The van der Waals surface area contributed by atoms with E-state index in [1.807, 2.05) is 0 Å². The molecule has 98 valence electrons. The van der Waals surface area contributed by atoms with Gasteiger partial charge in [-0.1, -0.05) is 11.6 Å². The highest BCUT2D eigenvalue weighted by molar-refractivity contribution is 6.35. The molecule has 0 heterocycles. The first-order valence-electron chi connectivity index (χ1n) is 5.31. The fourth-order valence-electron chi connectivity index (χ4n) is 1.37. The van der Waals surface area contributed by atoms with Crippen LogP contribution in [-0.2, 0) is 9.53 Å². The number of esters is 1. The molecule has 0 saturated heterocycles. The van der Waals surface area contributed by atoms with Gasteiger partial charge in [-0.05, 0) is 19.1 Å². The first-order chi connectivity index (χ1) is 8.49. The van der Waals surface area contributed by atoms with Crippen LogP contribution < -0.4 is 10.1 Å². The lowest BCUT2D eigenvalue weighted by Crippen LogP contribution is -2.09. The number of rotatable bonds is 4. The number of hydrogen-bond acceptors (Lipinski definition) is 4. The summed E-state index contributed by atoms with van der Waals surface area (Å²) in [7, 11) is 1.27. The molecule has 5 nitrogen and oxygen atoms in total. The highest BCUT2D eigenvalue weighted by Gasteiger charge is 2.15. The molecule has 0 saturated carbocycles. The SMILES string of the molecule is CCOc1cc(C(=O)OC)cc(NC(C)=O)c1Cl. The summed E-state index contributed by atoms with van der Waals surface area (Å²) in [4.78, 5) is 22.5. The molecular weight excluding hydrogens is 258 g/mol. The second-order valence-electron chi connectivity index (χ2n) is 3.44. The molecule has 1 N–H and O–H groups in total. The third-order valence-corrected chi connectivity index (χ3v) is 2.46. The lowest BCUT2D eigenvalue weighted by atomic mass is 10.2. The van der Waals surface area contributed by atoms with Crippen molar-refractivity contribution in [1.82, 2.24) is 0 Å². The van der Waals surface area contributed by atoms with Crippen molar-refractivity contribution in [2.24, 2.45) is 0 Å². The van der Waals surface area contributed by atoms with Gasteiger partial charge in [-0.15, -0.1) is 0 Å². The highest BCUT2D eigenvalue weighted by Crippen LogP contribution is 2.34. The Morgan fingerprint density at radius 2 is 2.06 bits per heavy atom. The first kappa shape index (κ1) is 14.3. The van der Waals surface area contributed by atoms with Gasteiger partial charge in [0.1, 0.15) is 10.8 Å². The third-order valence-electron chi connectivity index (χ3n) is 2.07. The van der Waals surface area contributed by atoms with E-state index in [1.165, 1.54) is 26.2 Å². The number of halogens is 1. The van der Waals surface area contributed by atoms with E-state index < -0.39 is 5.97 Å². The highest BCUT2D eigenvalue weighted by atomic mass is 35.5. The van der Waals surface area contributed by atoms with Gasteiger partial charge in [0, 0.05) is 6.92 Å². The zero-order chi connectivity index (χ0) is 13.7. The predicted octanol–water partition coefficient (Wildman–Crippen LogP) is 2.48. The van der Waals surface area contributed by atoms with Gasteiger partial charge in [-0.3, -0.25) is 4.79 Å². The van der Waals surface area contributed by atoms with Crippen LogP contribution in [0.2, 0.25) is 5.02 Å². The fourth-order valence-corrected chi connectivity index (χ4v) is 1.59. The molecule has 0 bridgehead atoms. The lowest BCUT2D eigenvalue weighted by Gasteiger charge is -2.12. The molecule has 1 aromatic carbocycles. The summed E-state index contributed by atoms with van der Waals surface area (Å²) >= 11 is 6.06. The number of nitrogens with one attached hydrogen (secondary N) is 1. The molecule has 0 atom stereocenters. The Kier molecular flexibility index (Phi) is 4.97. The predicted molar refractivity (Wildman–Crippen MR) is 68.3 cm³/mol. The quantitative estimate of drug-likeness (QED) is 0.855. The topological polar surface area (TPSA) is 64.6 Å². The summed E-state index contributed by atoms with van der Waals surface area (Å²) in [5, 5.41) is 2.78. The summed E-state index contributed by atoms with van der Waals surface area (Å²) in [6.45, 7) is 3.53. The monoisotopic (exact) mass is 271 g/mol. The van der Waals surface area contributed by atoms with Gasteiger partial charge in [-0.2, -0.15) is 0 Å². The standard InChI is InChI=1S/C12H14ClNO4/c1-4-18-10-6-8(12(16)17-3)5-9(11(10)13)14-7(2)15/h5-6H,4H2,1-3H3,(H,14,15). The molecule has 0 fully saturated rings. The minimum absolute atomic E-state index is 0.250. The van der Waals surface area contributed by atoms with E-state index in [1.54, 1.807) is 6.92 Å². The van der Waals surface area contributed by atoms with Gasteiger partial charge in [0.15, 0.2) is 0 Å². The molecule has 1 amide bonds. The van der Waals surface area contributed by atoms with E-state index in [0.717, 1.165) is 0 Å². The lowest BCUT2D eigenvalue weighted by molar-refractivity contribution is -0.114. The summed E-state index contributed by atoms with van der Waals surface area (Å²) in [5.74, 6) is -0.494. The van der Waals surface area contributed by atoms with E-state index in [0.29, 0.717) is 18.0 Å². The van der Waals surface area contributed by atoms with Crippen molar-refractivity contribution in [2.45, 2.75) is 13.8 Å². The van der Waals surface area contributed by atoms with Crippen LogP contribution in [0.15, 0.2) is 12.1 Å². The fraction of sp³-hybridized carbons (Fsp3) is 0.333. The van der Waals surface area contributed by atoms with E-state index >= 15 is 0 Å². The molecule has 0 spiro atoms. The number of benzene rings is 1. The average Bonchev–Trinajstić information content (AvgIpc) is 2.32. The number of methoxy groups -OCH3 is 1. The third kappa shape index (κ3) is 3.37. The average molecular weight is 272 g/mol. The largest absolute Gasteiger partial charge is 0.492 e. The summed E-state index contributed by atoms with van der Waals surface area (Å²) < 4.78 is 9.92. The number of amides is 1. The second-order valence-corrected chi connectivity index (χ2v) is 3.82. The molecular formula is C12H14ClNO4. The van der Waals surface area contributed by atoms with Crippen LogP contribution in [0.4, 0.5) is 5.69 Å². The molecule has 0 unspecified atom stereocenters. The zero-order valence-electron chi connectivity index (χ0n) is 10.4. The van der Waals surface area contributed by atoms with Gasteiger partial charge < -0.3 is 14.8 Å². The van der Waals surface area contributed by atoms with Crippen LogP contribution in [0, 0.1) is 0 Å². The molecule has 0 aromatic heterocycles. The molecule has 18 heavy (non-hydrogen) atoms. The van der Waals surface area contributed by atoms with E-state index in [9.17, 15) is 9.59 Å². The molecule has 1 rings (SSSR count). The Labute approximate surface area is 110 Å². The van der Waals surface area contributed by atoms with Crippen molar-refractivity contribution in [3.63, 3.8) is 0 Å². The van der Waals surface area contributed by atoms with Crippen LogP contribution in [0.5, 0.6) is 5.75 Å². The van der Waals surface area contributed by atoms with Crippen molar-refractivity contribution < 1.29 is 19.1 Å². The summed E-state index contributed by atoms with van der Waals surface area (Å²) in [6, 6.07) is 2.92. The minimum Gasteiger partial charge on any atom is -0.492 e. The molecule has 0 aliphatic heterocycles. The van der Waals surface area contributed by atoms with Crippen molar-refractivity contribution in [3.05, 3.63) is 22.7 Å². The molecule has 0 aliphatic rings. The van der Waals surface area contributed by atoms with Crippen LogP contribution in [0.3, 0.4) is 0 Å². The molecule has 0 aliphatic carbocycles. The molecule has 0 radical (unpaired) electrons. The Morgan fingerprint density at radius 3 is 2.56 bits per heavy atom. The van der Waals surface area contributed by atoms with E-state index in [-0.39, 0.29) is 16.5 Å². The summed E-state index contributed by atoms with van der Waals surface area (Å²) in [6.07, 6.45) is 0. The van der Waals surface area contributed by atoms with Crippen LogP contribution in [0.1, 0.15) is 24.2 Å². The Balaban J connectivity index is 3.26. The van der Waals surface area contributed by atoms with Gasteiger partial charge >= 0.3 is 5.97 Å². The van der Waals surface area contributed by atoms with Gasteiger partial charge in [0.2, 0.25) is 5.91 Å². The van der Waals surface area contributed by atoms with Crippen molar-refractivity contribution in [2.75, 3.05) is 19.0 Å². The maximum absolute atomic E-state index is 11.5. The maximum Gasteiger partial charge on any atom is 0.338 e. The van der Waals surface area contributed by atoms with Crippen LogP contribution >= 0.6 is 11.6 Å². The molecule has 6 heteroatoms. The van der Waals surface area contributed by atoms with E-state index in [4.69, 9.17) is 16.3 Å². The van der Waals surface area contributed by atoms with Gasteiger partial charge in [0.05, 0.1) is 25.0 Å². The van der Waals surface area contributed by atoms with Crippen LogP contribution in [0.25, 0.3) is 0 Å². The second kappa shape index (κ2) is 6.26. The van der Waals surface area contributed by atoms with Crippen molar-refractivity contribution in [3.8, 4) is 5.75 Å². The van der Waals surface area contributed by atoms with Crippen molar-refractivity contribution >= 4 is 29.2 Å². The maximum atomic E-state index is 11.5. The Morgan fingerprint density at radius 1 is 1.39 bits per heavy atom. The minimum atomic E-state index is -0.528. The number of ether oxygens (including phenoxy) is 2.